The average Bonchev–Trinajstić information content (AvgIpc) is 2.93. The lowest BCUT2D eigenvalue weighted by Gasteiger charge is -2.10. The summed E-state index contributed by atoms with van der Waals surface area (Å²) in [5.74, 6) is -0.857. The fourth-order valence-corrected chi connectivity index (χ4v) is 2.42. The SMILES string of the molecule is Cc1ccc(-c2cc(C(=O)NCC(F)(F)F)c3c(C)noc3n2)cc1. The monoisotopic (exact) mass is 349 g/mol. The first-order valence-corrected chi connectivity index (χ1v) is 7.43. The predicted molar refractivity (Wildman–Crippen MR) is 85.1 cm³/mol. The normalized spacial score (nSPS) is 11.7. The second-order valence-corrected chi connectivity index (χ2v) is 5.67. The van der Waals surface area contributed by atoms with Crippen LogP contribution >= 0.6 is 0 Å². The highest BCUT2D eigenvalue weighted by atomic mass is 19.4. The van der Waals surface area contributed by atoms with Crippen LogP contribution in [0.3, 0.4) is 0 Å². The van der Waals surface area contributed by atoms with Gasteiger partial charge in [0.25, 0.3) is 11.6 Å². The van der Waals surface area contributed by atoms with Gasteiger partial charge in [0.15, 0.2) is 0 Å². The number of hydrogen-bond donors (Lipinski definition) is 1. The van der Waals surface area contributed by atoms with E-state index in [1.165, 1.54) is 6.07 Å². The third-order valence-corrected chi connectivity index (χ3v) is 3.66. The molecule has 0 aliphatic rings. The molecular weight excluding hydrogens is 335 g/mol. The zero-order valence-electron chi connectivity index (χ0n) is 13.4. The van der Waals surface area contributed by atoms with E-state index in [0.29, 0.717) is 22.3 Å². The molecule has 5 nitrogen and oxygen atoms in total. The topological polar surface area (TPSA) is 68.0 Å². The number of nitrogens with one attached hydrogen (secondary N) is 1. The maximum absolute atomic E-state index is 12.4. The molecule has 0 atom stereocenters. The van der Waals surface area contributed by atoms with E-state index in [4.69, 9.17) is 4.52 Å². The molecule has 0 unspecified atom stereocenters. The van der Waals surface area contributed by atoms with Crippen molar-refractivity contribution in [3.8, 4) is 11.3 Å². The molecule has 0 spiro atoms. The number of fused-ring (bicyclic) bond motifs is 1. The fourth-order valence-electron chi connectivity index (χ4n) is 2.42. The number of aromatic nitrogens is 2. The number of carbonyl (C=O) groups is 1. The molecule has 0 aliphatic heterocycles. The molecule has 1 aromatic carbocycles. The number of halogens is 3. The van der Waals surface area contributed by atoms with Crippen molar-refractivity contribution in [2.24, 2.45) is 0 Å². The Bertz CT molecular complexity index is 931. The molecule has 0 aliphatic carbocycles. The molecule has 1 amide bonds. The van der Waals surface area contributed by atoms with Crippen molar-refractivity contribution in [2.75, 3.05) is 6.54 Å². The van der Waals surface area contributed by atoms with Gasteiger partial charge in [-0.2, -0.15) is 13.2 Å². The van der Waals surface area contributed by atoms with Crippen LogP contribution in [0.25, 0.3) is 22.4 Å². The van der Waals surface area contributed by atoms with Gasteiger partial charge in [0, 0.05) is 5.56 Å². The number of pyridine rings is 1. The molecule has 3 rings (SSSR count). The number of aryl methyl sites for hydroxylation is 2. The number of rotatable bonds is 3. The highest BCUT2D eigenvalue weighted by Crippen LogP contribution is 2.27. The summed E-state index contributed by atoms with van der Waals surface area (Å²) in [4.78, 5) is 16.6. The summed E-state index contributed by atoms with van der Waals surface area (Å²) in [6.07, 6.45) is -4.49. The van der Waals surface area contributed by atoms with Gasteiger partial charge in [-0.15, -0.1) is 0 Å². The smallest absolute Gasteiger partial charge is 0.343 e. The van der Waals surface area contributed by atoms with E-state index in [-0.39, 0.29) is 11.3 Å². The van der Waals surface area contributed by atoms with Gasteiger partial charge in [0.2, 0.25) is 0 Å². The van der Waals surface area contributed by atoms with E-state index in [1.807, 2.05) is 36.5 Å². The molecule has 25 heavy (non-hydrogen) atoms. The first kappa shape index (κ1) is 16.9. The Labute approximate surface area is 140 Å². The van der Waals surface area contributed by atoms with Gasteiger partial charge >= 0.3 is 6.18 Å². The van der Waals surface area contributed by atoms with Crippen LogP contribution < -0.4 is 5.32 Å². The summed E-state index contributed by atoms with van der Waals surface area (Å²) >= 11 is 0. The van der Waals surface area contributed by atoms with Crippen molar-refractivity contribution in [3.05, 3.63) is 47.2 Å². The van der Waals surface area contributed by atoms with Gasteiger partial charge in [-0.25, -0.2) is 4.98 Å². The van der Waals surface area contributed by atoms with Gasteiger partial charge in [0.1, 0.15) is 6.54 Å². The Balaban J connectivity index is 2.07. The molecule has 8 heteroatoms. The lowest BCUT2D eigenvalue weighted by atomic mass is 10.0. The minimum absolute atomic E-state index is 0.0450. The van der Waals surface area contributed by atoms with E-state index in [1.54, 1.807) is 6.92 Å². The molecule has 0 saturated heterocycles. The van der Waals surface area contributed by atoms with Crippen LogP contribution in [0.1, 0.15) is 21.6 Å². The van der Waals surface area contributed by atoms with E-state index < -0.39 is 18.6 Å². The summed E-state index contributed by atoms with van der Waals surface area (Å²) in [6, 6.07) is 8.81. The molecule has 0 fully saturated rings. The Morgan fingerprint density at radius 3 is 2.52 bits per heavy atom. The van der Waals surface area contributed by atoms with Crippen LogP contribution in [0, 0.1) is 13.8 Å². The lowest BCUT2D eigenvalue weighted by Crippen LogP contribution is -2.33. The van der Waals surface area contributed by atoms with Crippen LogP contribution in [-0.4, -0.2) is 28.8 Å². The predicted octanol–water partition coefficient (Wildman–Crippen LogP) is 3.80. The number of nitrogens with zero attached hydrogens (tertiary/aromatic N) is 2. The average molecular weight is 349 g/mol. The highest BCUT2D eigenvalue weighted by molar-refractivity contribution is 6.07. The number of carbonyl (C=O) groups excluding carboxylic acids is 1. The molecule has 2 heterocycles. The summed E-state index contributed by atoms with van der Waals surface area (Å²) < 4.78 is 42.3. The lowest BCUT2D eigenvalue weighted by molar-refractivity contribution is -0.123. The molecule has 130 valence electrons. The molecule has 3 aromatic rings. The van der Waals surface area contributed by atoms with E-state index in [9.17, 15) is 18.0 Å². The highest BCUT2D eigenvalue weighted by Gasteiger charge is 2.29. The number of benzene rings is 1. The van der Waals surface area contributed by atoms with E-state index in [0.717, 1.165) is 5.56 Å². The van der Waals surface area contributed by atoms with Crippen molar-refractivity contribution in [1.29, 1.82) is 0 Å². The second kappa shape index (κ2) is 6.19. The van der Waals surface area contributed by atoms with Crippen molar-refractivity contribution in [3.63, 3.8) is 0 Å². The zero-order chi connectivity index (χ0) is 18.2. The van der Waals surface area contributed by atoms with E-state index >= 15 is 0 Å². The van der Waals surface area contributed by atoms with Crippen LogP contribution in [0.5, 0.6) is 0 Å². The van der Waals surface area contributed by atoms with Crippen molar-refractivity contribution >= 4 is 17.0 Å². The zero-order valence-corrected chi connectivity index (χ0v) is 13.4. The van der Waals surface area contributed by atoms with Gasteiger partial charge in [-0.3, -0.25) is 4.79 Å². The van der Waals surface area contributed by atoms with Gasteiger partial charge < -0.3 is 9.84 Å². The molecule has 2 aromatic heterocycles. The summed E-state index contributed by atoms with van der Waals surface area (Å²) in [5.41, 5.74) is 2.71. The van der Waals surface area contributed by atoms with E-state index in [2.05, 4.69) is 10.1 Å². The quantitative estimate of drug-likeness (QED) is 0.781. The third-order valence-electron chi connectivity index (χ3n) is 3.66. The standard InChI is InChI=1S/C17H14F3N3O2/c1-9-3-5-11(6-4-9)13-7-12(15(24)21-8-17(18,19)20)14-10(2)23-25-16(14)22-13/h3-7H,8H2,1-2H3,(H,21,24). The van der Waals surface area contributed by atoms with Crippen molar-refractivity contribution in [1.82, 2.24) is 15.5 Å². The van der Waals surface area contributed by atoms with Crippen LogP contribution in [0.4, 0.5) is 13.2 Å². The Morgan fingerprint density at radius 2 is 1.88 bits per heavy atom. The second-order valence-electron chi connectivity index (χ2n) is 5.67. The Hall–Kier alpha value is -2.90. The molecule has 0 saturated carbocycles. The first-order valence-electron chi connectivity index (χ1n) is 7.43. The van der Waals surface area contributed by atoms with Gasteiger partial charge in [-0.1, -0.05) is 35.0 Å². The first-order chi connectivity index (χ1) is 11.7. The maximum atomic E-state index is 12.4. The number of amides is 1. The molecule has 0 radical (unpaired) electrons. The van der Waals surface area contributed by atoms with Crippen LogP contribution in [-0.2, 0) is 0 Å². The summed E-state index contributed by atoms with van der Waals surface area (Å²) in [5, 5.41) is 5.93. The third kappa shape index (κ3) is 3.62. The molecule has 1 N–H and O–H groups in total. The largest absolute Gasteiger partial charge is 0.405 e. The molecule has 0 bridgehead atoms. The van der Waals surface area contributed by atoms with Gasteiger partial charge in [-0.05, 0) is 19.9 Å². The van der Waals surface area contributed by atoms with Crippen LogP contribution in [0.15, 0.2) is 34.9 Å². The maximum Gasteiger partial charge on any atom is 0.405 e. The van der Waals surface area contributed by atoms with Crippen molar-refractivity contribution < 1.29 is 22.5 Å². The van der Waals surface area contributed by atoms with Crippen molar-refractivity contribution in [2.45, 2.75) is 20.0 Å². The molecular formula is C17H14F3N3O2. The summed E-state index contributed by atoms with van der Waals surface area (Å²) in [6.45, 7) is 2.11. The van der Waals surface area contributed by atoms with Crippen LogP contribution in [0.2, 0.25) is 0 Å². The minimum atomic E-state index is -4.49. The van der Waals surface area contributed by atoms with Gasteiger partial charge in [0.05, 0.1) is 22.3 Å². The number of hydrogen-bond acceptors (Lipinski definition) is 4. The summed E-state index contributed by atoms with van der Waals surface area (Å²) in [7, 11) is 0. The fraction of sp³-hybridized carbons (Fsp3) is 0.235. The Morgan fingerprint density at radius 1 is 1.20 bits per heavy atom. The minimum Gasteiger partial charge on any atom is -0.343 e. The Kier molecular flexibility index (Phi) is 4.20. The number of alkyl halides is 3.